The summed E-state index contributed by atoms with van der Waals surface area (Å²) in [6.07, 6.45) is 7.24. The maximum atomic E-state index is 12.3. The highest BCUT2D eigenvalue weighted by atomic mass is 32.2. The van der Waals surface area contributed by atoms with Crippen LogP contribution in [0.1, 0.15) is 45.4 Å². The van der Waals surface area contributed by atoms with Gasteiger partial charge in [-0.3, -0.25) is 4.79 Å². The molecular weight excluding hydrogens is 318 g/mol. The molecule has 1 aromatic carbocycles. The number of aromatic nitrogens is 2. The summed E-state index contributed by atoms with van der Waals surface area (Å²) in [5.41, 5.74) is 2.21. The largest absolute Gasteiger partial charge is 0.342 e. The van der Waals surface area contributed by atoms with Gasteiger partial charge in [-0.05, 0) is 31.4 Å². The lowest BCUT2D eigenvalue weighted by Gasteiger charge is -2.16. The predicted molar refractivity (Wildman–Crippen MR) is 100 cm³/mol. The number of amides is 1. The van der Waals surface area contributed by atoms with E-state index in [1.807, 2.05) is 18.0 Å². The molecule has 4 nitrogen and oxygen atoms in total. The second-order valence-corrected chi connectivity index (χ2v) is 7.56. The minimum Gasteiger partial charge on any atom is -0.342 e. The number of thioether (sulfide) groups is 1. The summed E-state index contributed by atoms with van der Waals surface area (Å²) in [5, 5.41) is 0.977. The quantitative estimate of drug-likeness (QED) is 0.501. The molecule has 1 fully saturated rings. The van der Waals surface area contributed by atoms with Crippen molar-refractivity contribution in [1.82, 2.24) is 14.5 Å². The second kappa shape index (κ2) is 8.06. The number of benzene rings is 1. The van der Waals surface area contributed by atoms with Gasteiger partial charge in [0.25, 0.3) is 0 Å². The zero-order chi connectivity index (χ0) is 16.9. The van der Waals surface area contributed by atoms with Gasteiger partial charge in [0.1, 0.15) is 0 Å². The standard InChI is InChI=1S/C19H27N3OS/c1-3-4-5-8-13-22-17-10-7-6-9-16(17)20-19(22)24-14-18(23)21(2)15-11-12-15/h6-7,9-10,15H,3-5,8,11-14H2,1-2H3. The molecule has 0 unspecified atom stereocenters. The van der Waals surface area contributed by atoms with E-state index in [1.165, 1.54) is 24.8 Å². The Balaban J connectivity index is 1.69. The lowest BCUT2D eigenvalue weighted by molar-refractivity contribution is -0.127. The van der Waals surface area contributed by atoms with E-state index in [-0.39, 0.29) is 5.91 Å². The molecule has 0 bridgehead atoms. The molecule has 1 aromatic heterocycles. The number of unbranched alkanes of at least 4 members (excludes halogenated alkanes) is 3. The van der Waals surface area contributed by atoms with E-state index in [4.69, 9.17) is 4.98 Å². The molecule has 1 saturated carbocycles. The normalized spacial score (nSPS) is 14.2. The number of imidazole rings is 1. The lowest BCUT2D eigenvalue weighted by Crippen LogP contribution is -2.30. The van der Waals surface area contributed by atoms with Gasteiger partial charge in [0.2, 0.25) is 5.91 Å². The van der Waals surface area contributed by atoms with E-state index in [1.54, 1.807) is 11.8 Å². The summed E-state index contributed by atoms with van der Waals surface area (Å²) in [7, 11) is 1.92. The highest BCUT2D eigenvalue weighted by Gasteiger charge is 2.29. The Morgan fingerprint density at radius 1 is 1.29 bits per heavy atom. The highest BCUT2D eigenvalue weighted by molar-refractivity contribution is 7.99. The topological polar surface area (TPSA) is 38.1 Å². The van der Waals surface area contributed by atoms with Crippen LogP contribution in [-0.2, 0) is 11.3 Å². The maximum absolute atomic E-state index is 12.3. The predicted octanol–water partition coefficient (Wildman–Crippen LogP) is 4.33. The number of rotatable bonds is 9. The van der Waals surface area contributed by atoms with E-state index < -0.39 is 0 Å². The fourth-order valence-electron chi connectivity index (χ4n) is 2.97. The second-order valence-electron chi connectivity index (χ2n) is 6.62. The fourth-order valence-corrected chi connectivity index (χ4v) is 3.93. The molecule has 130 valence electrons. The molecule has 0 atom stereocenters. The van der Waals surface area contributed by atoms with Gasteiger partial charge < -0.3 is 9.47 Å². The van der Waals surface area contributed by atoms with Crippen molar-refractivity contribution in [3.8, 4) is 0 Å². The Morgan fingerprint density at radius 3 is 2.83 bits per heavy atom. The summed E-state index contributed by atoms with van der Waals surface area (Å²) < 4.78 is 2.29. The van der Waals surface area contributed by atoms with Gasteiger partial charge in [-0.25, -0.2) is 4.98 Å². The van der Waals surface area contributed by atoms with Crippen LogP contribution >= 0.6 is 11.8 Å². The van der Waals surface area contributed by atoms with Crippen molar-refractivity contribution in [3.63, 3.8) is 0 Å². The third-order valence-electron chi connectivity index (χ3n) is 4.67. The summed E-state index contributed by atoms with van der Waals surface area (Å²) in [6, 6.07) is 8.75. The van der Waals surface area contributed by atoms with Crippen molar-refractivity contribution in [2.24, 2.45) is 0 Å². The SMILES string of the molecule is CCCCCCn1c(SCC(=O)N(C)C2CC2)nc2ccccc21. The third-order valence-corrected chi connectivity index (χ3v) is 5.63. The fraction of sp³-hybridized carbons (Fsp3) is 0.579. The molecule has 2 aromatic rings. The van der Waals surface area contributed by atoms with Crippen molar-refractivity contribution in [2.45, 2.75) is 63.2 Å². The molecule has 24 heavy (non-hydrogen) atoms. The lowest BCUT2D eigenvalue weighted by atomic mass is 10.2. The Kier molecular flexibility index (Phi) is 5.82. The van der Waals surface area contributed by atoms with Crippen LogP contribution < -0.4 is 0 Å². The molecule has 0 aliphatic heterocycles. The third kappa shape index (κ3) is 4.12. The van der Waals surface area contributed by atoms with Crippen molar-refractivity contribution < 1.29 is 4.79 Å². The average Bonchev–Trinajstić information content (AvgIpc) is 3.38. The van der Waals surface area contributed by atoms with Gasteiger partial charge >= 0.3 is 0 Å². The van der Waals surface area contributed by atoms with Crippen LogP contribution in [0, 0.1) is 0 Å². The van der Waals surface area contributed by atoms with Gasteiger partial charge in [0.05, 0.1) is 16.8 Å². The van der Waals surface area contributed by atoms with E-state index in [2.05, 4.69) is 29.7 Å². The van der Waals surface area contributed by atoms with E-state index in [0.717, 1.165) is 36.5 Å². The summed E-state index contributed by atoms with van der Waals surface area (Å²) >= 11 is 1.58. The number of carbonyl (C=O) groups excluding carboxylic acids is 1. The first-order valence-corrected chi connectivity index (χ1v) is 10.0. The van der Waals surface area contributed by atoms with Gasteiger partial charge in [-0.2, -0.15) is 0 Å². The maximum Gasteiger partial charge on any atom is 0.233 e. The van der Waals surface area contributed by atoms with Gasteiger partial charge in [0.15, 0.2) is 5.16 Å². The van der Waals surface area contributed by atoms with Crippen molar-refractivity contribution >= 4 is 28.7 Å². The van der Waals surface area contributed by atoms with Crippen LogP contribution in [0.2, 0.25) is 0 Å². The smallest absolute Gasteiger partial charge is 0.233 e. The zero-order valence-corrected chi connectivity index (χ0v) is 15.5. The Labute approximate surface area is 148 Å². The number of para-hydroxylation sites is 2. The first-order chi connectivity index (χ1) is 11.7. The highest BCUT2D eigenvalue weighted by Crippen LogP contribution is 2.28. The molecule has 5 heteroatoms. The van der Waals surface area contributed by atoms with E-state index in [9.17, 15) is 4.79 Å². The summed E-state index contributed by atoms with van der Waals surface area (Å²) in [4.78, 5) is 19.0. The van der Waals surface area contributed by atoms with Crippen LogP contribution in [0.25, 0.3) is 11.0 Å². The Hall–Kier alpha value is -1.49. The van der Waals surface area contributed by atoms with Crippen LogP contribution in [0.15, 0.2) is 29.4 Å². The zero-order valence-electron chi connectivity index (χ0n) is 14.7. The Bertz CT molecular complexity index is 693. The number of hydrogen-bond donors (Lipinski definition) is 0. The molecule has 1 amide bonds. The van der Waals surface area contributed by atoms with Gasteiger partial charge in [-0.15, -0.1) is 0 Å². The molecule has 1 heterocycles. The minimum atomic E-state index is 0.215. The first-order valence-electron chi connectivity index (χ1n) is 9.04. The molecule has 0 saturated heterocycles. The molecule has 0 spiro atoms. The molecule has 1 aliphatic carbocycles. The number of hydrogen-bond acceptors (Lipinski definition) is 3. The van der Waals surface area contributed by atoms with Crippen LogP contribution in [0.3, 0.4) is 0 Å². The van der Waals surface area contributed by atoms with E-state index in [0.29, 0.717) is 11.8 Å². The van der Waals surface area contributed by atoms with Crippen LogP contribution in [0.4, 0.5) is 0 Å². The first kappa shape index (κ1) is 17.3. The molecule has 3 rings (SSSR count). The van der Waals surface area contributed by atoms with Crippen molar-refractivity contribution in [1.29, 1.82) is 0 Å². The average molecular weight is 346 g/mol. The van der Waals surface area contributed by atoms with Crippen molar-refractivity contribution in [3.05, 3.63) is 24.3 Å². The number of fused-ring (bicyclic) bond motifs is 1. The minimum absolute atomic E-state index is 0.215. The van der Waals surface area contributed by atoms with E-state index >= 15 is 0 Å². The van der Waals surface area contributed by atoms with Crippen LogP contribution in [-0.4, -0.2) is 39.2 Å². The molecule has 0 radical (unpaired) electrons. The number of aryl methyl sites for hydroxylation is 1. The van der Waals surface area contributed by atoms with Gasteiger partial charge in [-0.1, -0.05) is 50.1 Å². The molecule has 1 aliphatic rings. The summed E-state index contributed by atoms with van der Waals surface area (Å²) in [5.74, 6) is 0.692. The van der Waals surface area contributed by atoms with Crippen molar-refractivity contribution in [2.75, 3.05) is 12.8 Å². The Morgan fingerprint density at radius 2 is 2.08 bits per heavy atom. The monoisotopic (exact) mass is 345 g/mol. The molecular formula is C19H27N3OS. The molecule has 0 N–H and O–H groups in total. The van der Waals surface area contributed by atoms with Gasteiger partial charge in [0, 0.05) is 19.6 Å². The number of nitrogens with zero attached hydrogens (tertiary/aromatic N) is 3. The van der Waals surface area contributed by atoms with Crippen LogP contribution in [0.5, 0.6) is 0 Å². The number of carbonyl (C=O) groups is 1. The summed E-state index contributed by atoms with van der Waals surface area (Å²) in [6.45, 7) is 3.21.